The highest BCUT2D eigenvalue weighted by Gasteiger charge is 2.36. The number of morpholine rings is 1. The first-order chi connectivity index (χ1) is 10.3. The zero-order valence-corrected chi connectivity index (χ0v) is 13.2. The van der Waals surface area contributed by atoms with E-state index in [1.54, 1.807) is 0 Å². The van der Waals surface area contributed by atoms with E-state index >= 15 is 0 Å². The van der Waals surface area contributed by atoms with Crippen LogP contribution in [0.5, 0.6) is 0 Å². The van der Waals surface area contributed by atoms with Crippen LogP contribution in [0.4, 0.5) is 0 Å². The van der Waals surface area contributed by atoms with Crippen LogP contribution < -0.4 is 5.32 Å². The lowest BCUT2D eigenvalue weighted by Crippen LogP contribution is -2.40. The van der Waals surface area contributed by atoms with Crippen LogP contribution in [0.25, 0.3) is 0 Å². The van der Waals surface area contributed by atoms with E-state index < -0.39 is 0 Å². The molecule has 21 heavy (non-hydrogen) atoms. The maximum atomic E-state index is 6.10. The summed E-state index contributed by atoms with van der Waals surface area (Å²) in [5.41, 5.74) is 1.24. The molecule has 2 aliphatic heterocycles. The summed E-state index contributed by atoms with van der Waals surface area (Å²) in [6, 6.07) is 0.474. The van der Waals surface area contributed by atoms with Crippen molar-refractivity contribution < 1.29 is 9.47 Å². The predicted molar refractivity (Wildman–Crippen MR) is 81.3 cm³/mol. The maximum Gasteiger partial charge on any atom is 0.111 e. The van der Waals surface area contributed by atoms with Gasteiger partial charge in [-0.25, -0.2) is 4.98 Å². The lowest BCUT2D eigenvalue weighted by molar-refractivity contribution is -0.0998. The molecular weight excluding hydrogens is 266 g/mol. The SMILES string of the molecule is CCC1(CC)CC(n2cncc2C2CNCCO2)CCO1. The summed E-state index contributed by atoms with van der Waals surface area (Å²) in [6.45, 7) is 7.90. The van der Waals surface area contributed by atoms with Crippen molar-refractivity contribution in [3.8, 4) is 0 Å². The molecule has 3 rings (SSSR count). The normalized spacial score (nSPS) is 29.4. The van der Waals surface area contributed by atoms with Gasteiger partial charge in [0, 0.05) is 25.7 Å². The Hall–Kier alpha value is -0.910. The van der Waals surface area contributed by atoms with Gasteiger partial charge in [-0.15, -0.1) is 0 Å². The van der Waals surface area contributed by atoms with Crippen LogP contribution in [-0.2, 0) is 9.47 Å². The quantitative estimate of drug-likeness (QED) is 0.926. The minimum absolute atomic E-state index is 0.0378. The maximum absolute atomic E-state index is 6.10. The molecule has 2 aliphatic rings. The lowest BCUT2D eigenvalue weighted by Gasteiger charge is -2.41. The van der Waals surface area contributed by atoms with Crippen molar-refractivity contribution in [1.82, 2.24) is 14.9 Å². The molecule has 5 nitrogen and oxygen atoms in total. The standard InChI is InChI=1S/C16H27N3O2/c1-3-16(4-2)9-13(5-7-21-16)19-12-18-10-14(19)15-11-17-6-8-20-15/h10,12-13,15,17H,3-9,11H2,1-2H3. The van der Waals surface area contributed by atoms with Gasteiger partial charge in [0.1, 0.15) is 6.10 Å². The van der Waals surface area contributed by atoms with Gasteiger partial charge in [0.05, 0.1) is 30.4 Å². The van der Waals surface area contributed by atoms with Gasteiger partial charge in [0.15, 0.2) is 0 Å². The van der Waals surface area contributed by atoms with Crippen LogP contribution >= 0.6 is 0 Å². The average Bonchev–Trinajstić information content (AvgIpc) is 3.05. The molecule has 2 saturated heterocycles. The van der Waals surface area contributed by atoms with Crippen molar-refractivity contribution in [3.05, 3.63) is 18.2 Å². The van der Waals surface area contributed by atoms with Gasteiger partial charge in [0.2, 0.25) is 0 Å². The number of hydrogen-bond donors (Lipinski definition) is 1. The number of aromatic nitrogens is 2. The van der Waals surface area contributed by atoms with Gasteiger partial charge in [-0.05, 0) is 25.7 Å². The number of imidazole rings is 1. The molecule has 1 N–H and O–H groups in total. The Bertz CT molecular complexity index is 450. The molecule has 1 aromatic heterocycles. The molecule has 2 atom stereocenters. The van der Waals surface area contributed by atoms with Crippen molar-refractivity contribution in [2.75, 3.05) is 26.3 Å². The van der Waals surface area contributed by atoms with Crippen LogP contribution in [0.3, 0.4) is 0 Å². The van der Waals surface area contributed by atoms with Crippen molar-refractivity contribution in [3.63, 3.8) is 0 Å². The van der Waals surface area contributed by atoms with Gasteiger partial charge in [-0.3, -0.25) is 0 Å². The molecule has 118 valence electrons. The van der Waals surface area contributed by atoms with Crippen LogP contribution in [0.1, 0.15) is 57.4 Å². The van der Waals surface area contributed by atoms with Gasteiger partial charge < -0.3 is 19.4 Å². The van der Waals surface area contributed by atoms with Gasteiger partial charge >= 0.3 is 0 Å². The molecule has 3 heterocycles. The van der Waals surface area contributed by atoms with Crippen LogP contribution in [-0.4, -0.2) is 41.5 Å². The number of nitrogens with one attached hydrogen (secondary N) is 1. The largest absolute Gasteiger partial charge is 0.375 e. The van der Waals surface area contributed by atoms with Gasteiger partial charge in [-0.1, -0.05) is 13.8 Å². The molecule has 1 aromatic rings. The van der Waals surface area contributed by atoms with Crippen molar-refractivity contribution >= 4 is 0 Å². The molecular formula is C16H27N3O2. The summed E-state index contributed by atoms with van der Waals surface area (Å²) in [5, 5.41) is 3.40. The topological polar surface area (TPSA) is 48.3 Å². The average molecular weight is 293 g/mol. The van der Waals surface area contributed by atoms with Crippen LogP contribution in [0, 0.1) is 0 Å². The molecule has 0 aromatic carbocycles. The Balaban J connectivity index is 1.79. The Kier molecular flexibility index (Phi) is 4.62. The van der Waals surface area contributed by atoms with Crippen molar-refractivity contribution in [2.24, 2.45) is 0 Å². The highest BCUT2D eigenvalue weighted by Crippen LogP contribution is 2.38. The number of ether oxygens (including phenoxy) is 2. The first kappa shape index (κ1) is 15.0. The Morgan fingerprint density at radius 2 is 2.24 bits per heavy atom. The second kappa shape index (κ2) is 6.46. The number of rotatable bonds is 4. The molecule has 0 amide bonds. The van der Waals surface area contributed by atoms with E-state index in [9.17, 15) is 0 Å². The minimum Gasteiger partial charge on any atom is -0.375 e. The molecule has 0 saturated carbocycles. The highest BCUT2D eigenvalue weighted by atomic mass is 16.5. The molecule has 5 heteroatoms. The third kappa shape index (κ3) is 3.00. The highest BCUT2D eigenvalue weighted by molar-refractivity contribution is 5.07. The Labute approximate surface area is 127 Å². The first-order valence-corrected chi connectivity index (χ1v) is 8.26. The summed E-state index contributed by atoms with van der Waals surface area (Å²) < 4.78 is 14.3. The van der Waals surface area contributed by atoms with Gasteiger partial charge in [0.25, 0.3) is 0 Å². The zero-order chi connectivity index (χ0) is 14.7. The van der Waals surface area contributed by atoms with Crippen LogP contribution in [0.15, 0.2) is 12.5 Å². The second-order valence-corrected chi connectivity index (χ2v) is 6.17. The Morgan fingerprint density at radius 3 is 2.95 bits per heavy atom. The minimum atomic E-state index is 0.0378. The number of hydrogen-bond acceptors (Lipinski definition) is 4. The van der Waals surface area contributed by atoms with E-state index in [0.717, 1.165) is 52.0 Å². The van der Waals surface area contributed by atoms with E-state index in [1.165, 1.54) is 5.69 Å². The van der Waals surface area contributed by atoms with E-state index in [1.807, 2.05) is 12.5 Å². The fourth-order valence-corrected chi connectivity index (χ4v) is 3.61. The summed E-state index contributed by atoms with van der Waals surface area (Å²) in [6.07, 6.45) is 8.35. The molecule has 0 radical (unpaired) electrons. The summed E-state index contributed by atoms with van der Waals surface area (Å²) in [7, 11) is 0. The van der Waals surface area contributed by atoms with E-state index in [-0.39, 0.29) is 11.7 Å². The van der Waals surface area contributed by atoms with Gasteiger partial charge in [-0.2, -0.15) is 0 Å². The van der Waals surface area contributed by atoms with E-state index in [0.29, 0.717) is 6.04 Å². The molecule has 0 aliphatic carbocycles. The predicted octanol–water partition coefficient (Wildman–Crippen LogP) is 2.45. The van der Waals surface area contributed by atoms with E-state index in [2.05, 4.69) is 28.7 Å². The third-order valence-electron chi connectivity index (χ3n) is 5.10. The molecule has 2 unspecified atom stereocenters. The number of nitrogens with zero attached hydrogens (tertiary/aromatic N) is 2. The monoisotopic (exact) mass is 293 g/mol. The first-order valence-electron chi connectivity index (χ1n) is 8.26. The third-order valence-corrected chi connectivity index (χ3v) is 5.10. The summed E-state index contributed by atoms with van der Waals surface area (Å²) in [4.78, 5) is 4.39. The smallest absolute Gasteiger partial charge is 0.111 e. The molecule has 0 bridgehead atoms. The fraction of sp³-hybridized carbons (Fsp3) is 0.812. The second-order valence-electron chi connectivity index (χ2n) is 6.17. The van der Waals surface area contributed by atoms with E-state index in [4.69, 9.17) is 9.47 Å². The molecule has 2 fully saturated rings. The summed E-state index contributed by atoms with van der Waals surface area (Å²) in [5.74, 6) is 0. The summed E-state index contributed by atoms with van der Waals surface area (Å²) >= 11 is 0. The van der Waals surface area contributed by atoms with Crippen LogP contribution in [0.2, 0.25) is 0 Å². The van der Waals surface area contributed by atoms with Crippen molar-refractivity contribution in [1.29, 1.82) is 0 Å². The van der Waals surface area contributed by atoms with Crippen molar-refractivity contribution in [2.45, 2.75) is 57.3 Å². The lowest BCUT2D eigenvalue weighted by atomic mass is 9.85. The molecule has 0 spiro atoms. The Morgan fingerprint density at radius 1 is 1.38 bits per heavy atom. The zero-order valence-electron chi connectivity index (χ0n) is 13.2. The fourth-order valence-electron chi connectivity index (χ4n) is 3.61.